The lowest BCUT2D eigenvalue weighted by Gasteiger charge is -2.33. The third-order valence-corrected chi connectivity index (χ3v) is 16.4. The van der Waals surface area contributed by atoms with Gasteiger partial charge in [-0.25, -0.2) is 0 Å². The van der Waals surface area contributed by atoms with Gasteiger partial charge < -0.3 is 0 Å². The number of nitrogens with zero attached hydrogens (tertiary/aromatic N) is 2. The first-order valence-electron chi connectivity index (χ1n) is 18.3. The van der Waals surface area contributed by atoms with Crippen molar-refractivity contribution in [3.8, 4) is 0 Å². The standard InChI is InChI=1S/C40H34Br4Cl4N2O4/c1-3-5-7-9-11-13-15-49-37(51)25-19-17-21(33(45)29(25)41)23-18-20-27(31(43)35(23)47)39(53)50(16-14-12-10-8-6-4-2)40(54)28(20)32(44)36(48)24(18)22(17)34(46)30(42)26(19)38(49)52/h3-16H2,1-2H3. The zero-order valence-electron chi connectivity index (χ0n) is 29.5. The number of unbranched alkanes of at least 4 members (excludes halogenated alkanes) is 10. The fraction of sp³-hybridized carbons (Fsp3) is 0.400. The van der Waals surface area contributed by atoms with E-state index in [9.17, 15) is 19.2 Å². The van der Waals surface area contributed by atoms with Gasteiger partial charge in [-0.15, -0.1) is 0 Å². The van der Waals surface area contributed by atoms with E-state index in [1.807, 2.05) is 0 Å². The van der Waals surface area contributed by atoms with Crippen molar-refractivity contribution in [2.45, 2.75) is 90.9 Å². The van der Waals surface area contributed by atoms with E-state index in [4.69, 9.17) is 46.4 Å². The average molecular weight is 1070 g/mol. The molecule has 0 atom stereocenters. The third-order valence-electron chi connectivity index (χ3n) is 10.8. The van der Waals surface area contributed by atoms with Gasteiger partial charge in [0.25, 0.3) is 23.6 Å². The Balaban J connectivity index is 1.50. The Morgan fingerprint density at radius 1 is 0.370 bits per heavy atom. The Morgan fingerprint density at radius 2 is 0.611 bits per heavy atom. The summed E-state index contributed by atoms with van der Waals surface area (Å²) in [6.45, 7) is 4.79. The predicted molar refractivity (Wildman–Crippen MR) is 236 cm³/mol. The number of imide groups is 2. The number of benzene rings is 5. The molecule has 6 nitrogen and oxygen atoms in total. The van der Waals surface area contributed by atoms with E-state index in [0.29, 0.717) is 73.8 Å². The largest absolute Gasteiger partial charge is 0.274 e. The van der Waals surface area contributed by atoms with E-state index < -0.39 is 23.6 Å². The summed E-state index contributed by atoms with van der Waals surface area (Å²) in [7, 11) is 0. The molecule has 0 N–H and O–H groups in total. The number of hydrogen-bond acceptors (Lipinski definition) is 4. The molecule has 0 saturated heterocycles. The van der Waals surface area contributed by atoms with Gasteiger partial charge in [-0.1, -0.05) is 124 Å². The molecule has 0 bridgehead atoms. The second-order valence-electron chi connectivity index (χ2n) is 14.1. The molecule has 0 spiro atoms. The molecular formula is C40H34Br4Cl4N2O4. The first-order valence-corrected chi connectivity index (χ1v) is 23.0. The highest BCUT2D eigenvalue weighted by molar-refractivity contribution is 9.11. The van der Waals surface area contributed by atoms with Gasteiger partial charge >= 0.3 is 0 Å². The molecule has 7 rings (SSSR count). The second-order valence-corrected chi connectivity index (χ2v) is 18.8. The maximum atomic E-state index is 14.4. The molecule has 5 aromatic rings. The van der Waals surface area contributed by atoms with Gasteiger partial charge in [0.2, 0.25) is 0 Å². The van der Waals surface area contributed by atoms with Crippen molar-refractivity contribution in [1.29, 1.82) is 0 Å². The van der Waals surface area contributed by atoms with Gasteiger partial charge in [0, 0.05) is 56.2 Å². The van der Waals surface area contributed by atoms with E-state index in [2.05, 4.69) is 77.6 Å². The zero-order chi connectivity index (χ0) is 38.9. The van der Waals surface area contributed by atoms with Crippen LogP contribution in [0.4, 0.5) is 0 Å². The van der Waals surface area contributed by atoms with Crippen LogP contribution in [0.2, 0.25) is 20.1 Å². The molecule has 4 amide bonds. The lowest BCUT2D eigenvalue weighted by Crippen LogP contribution is -2.41. The van der Waals surface area contributed by atoms with E-state index >= 15 is 0 Å². The van der Waals surface area contributed by atoms with Gasteiger partial charge in [0.05, 0.1) is 60.2 Å². The van der Waals surface area contributed by atoms with Gasteiger partial charge in [-0.2, -0.15) is 0 Å². The highest BCUT2D eigenvalue weighted by atomic mass is 79.9. The third kappa shape index (κ3) is 6.17. The zero-order valence-corrected chi connectivity index (χ0v) is 38.8. The van der Waals surface area contributed by atoms with Crippen LogP contribution in [0.15, 0.2) is 17.9 Å². The first-order chi connectivity index (χ1) is 25.8. The molecule has 284 valence electrons. The van der Waals surface area contributed by atoms with Crippen molar-refractivity contribution in [2.24, 2.45) is 0 Å². The van der Waals surface area contributed by atoms with Crippen LogP contribution in [-0.4, -0.2) is 46.5 Å². The molecule has 0 fully saturated rings. The fourth-order valence-corrected chi connectivity index (χ4v) is 11.6. The summed E-state index contributed by atoms with van der Waals surface area (Å²) in [6, 6.07) is 0. The number of rotatable bonds is 14. The van der Waals surface area contributed by atoms with E-state index in [1.54, 1.807) is 0 Å². The fourth-order valence-electron chi connectivity index (χ4n) is 8.23. The summed E-state index contributed by atoms with van der Waals surface area (Å²) in [5.41, 5.74) is 0.919. The molecule has 0 saturated carbocycles. The number of amides is 4. The molecule has 54 heavy (non-hydrogen) atoms. The number of fused-ring (bicyclic) bond motifs is 2. The molecular weight excluding hydrogens is 1030 g/mol. The molecule has 0 unspecified atom stereocenters. The topological polar surface area (TPSA) is 74.8 Å². The number of carbonyl (C=O) groups excluding carboxylic acids is 4. The Kier molecular flexibility index (Phi) is 12.3. The van der Waals surface area contributed by atoms with Crippen LogP contribution in [0.3, 0.4) is 0 Å². The minimum atomic E-state index is -0.473. The van der Waals surface area contributed by atoms with Crippen LogP contribution < -0.4 is 0 Å². The molecule has 2 heterocycles. The lowest BCUT2D eigenvalue weighted by atomic mass is 9.82. The maximum absolute atomic E-state index is 14.4. The van der Waals surface area contributed by atoms with Crippen molar-refractivity contribution in [3.63, 3.8) is 0 Å². The minimum Gasteiger partial charge on any atom is -0.274 e. The van der Waals surface area contributed by atoms with Crippen LogP contribution >= 0.6 is 110 Å². The monoisotopic (exact) mass is 1060 g/mol. The van der Waals surface area contributed by atoms with Crippen molar-refractivity contribution in [3.05, 3.63) is 60.2 Å². The summed E-state index contributed by atoms with van der Waals surface area (Å²) in [6.07, 6.45) is 11.9. The Morgan fingerprint density at radius 3 is 0.870 bits per heavy atom. The van der Waals surface area contributed by atoms with Crippen LogP contribution in [0.5, 0.6) is 0 Å². The van der Waals surface area contributed by atoms with Crippen molar-refractivity contribution in [1.82, 2.24) is 9.80 Å². The summed E-state index contributed by atoms with van der Waals surface area (Å²) >= 11 is 43.8. The Bertz CT molecular complexity index is 2160. The van der Waals surface area contributed by atoms with E-state index in [1.165, 1.54) is 9.80 Å². The number of carbonyl (C=O) groups is 4. The smallest absolute Gasteiger partial charge is 0.262 e. The summed E-state index contributed by atoms with van der Waals surface area (Å²) < 4.78 is 1.16. The van der Waals surface area contributed by atoms with E-state index in [0.717, 1.165) is 64.2 Å². The van der Waals surface area contributed by atoms with Crippen molar-refractivity contribution < 1.29 is 19.2 Å². The minimum absolute atomic E-state index is 0.166. The highest BCUT2D eigenvalue weighted by Gasteiger charge is 2.43. The summed E-state index contributed by atoms with van der Waals surface area (Å²) in [4.78, 5) is 60.0. The Hall–Kier alpha value is -1.24. The highest BCUT2D eigenvalue weighted by Crippen LogP contribution is 2.59. The normalized spacial score (nSPS) is 14.5. The van der Waals surface area contributed by atoms with Gasteiger partial charge in [0.15, 0.2) is 0 Å². The van der Waals surface area contributed by atoms with Gasteiger partial charge in [-0.3, -0.25) is 29.0 Å². The molecule has 2 aliphatic rings. The molecule has 0 radical (unpaired) electrons. The van der Waals surface area contributed by atoms with Crippen LogP contribution in [-0.2, 0) is 0 Å². The summed E-state index contributed by atoms with van der Waals surface area (Å²) in [5, 5.41) is 3.85. The summed E-state index contributed by atoms with van der Waals surface area (Å²) in [5.74, 6) is -1.89. The van der Waals surface area contributed by atoms with Crippen LogP contribution in [0.1, 0.15) is 132 Å². The van der Waals surface area contributed by atoms with Crippen LogP contribution in [0.25, 0.3) is 43.1 Å². The molecule has 0 aromatic heterocycles. The van der Waals surface area contributed by atoms with E-state index in [-0.39, 0.29) is 55.4 Å². The SMILES string of the molecule is CCCCCCCCN1C(=O)c2c(Br)c(Cl)c3c4c(Cl)c(Br)c5c6c(c(Br)c(Cl)c(c7c(Cl)c(Br)c(c2c37)C1=O)c64)C(=O)N(CCCCCCCC)C5=O. The predicted octanol–water partition coefficient (Wildman–Crippen LogP) is 15.3. The second kappa shape index (κ2) is 16.2. The van der Waals surface area contributed by atoms with Crippen molar-refractivity contribution in [2.75, 3.05) is 13.1 Å². The quantitative estimate of drug-likeness (QED) is 0.0481. The maximum Gasteiger partial charge on any atom is 0.262 e. The Labute approximate surface area is 366 Å². The van der Waals surface area contributed by atoms with Crippen molar-refractivity contribution >= 4 is 177 Å². The molecule has 0 aliphatic carbocycles. The van der Waals surface area contributed by atoms with Crippen LogP contribution in [0, 0.1) is 0 Å². The first kappa shape index (κ1) is 40.9. The number of halogens is 8. The molecule has 5 aromatic carbocycles. The van der Waals surface area contributed by atoms with Gasteiger partial charge in [0.1, 0.15) is 0 Å². The molecule has 2 aliphatic heterocycles. The lowest BCUT2D eigenvalue weighted by molar-refractivity contribution is 0.0591. The van der Waals surface area contributed by atoms with Gasteiger partial charge in [-0.05, 0) is 76.6 Å². The molecule has 14 heteroatoms. The average Bonchev–Trinajstić information content (AvgIpc) is 3.14. The number of hydrogen-bond donors (Lipinski definition) is 0.